The van der Waals surface area contributed by atoms with Gasteiger partial charge in [-0.25, -0.2) is 0 Å². The molecule has 6 heteroatoms. The standard InChI is InChI=1S/C24H25N3O3/c1-24(2,29)18-7-9-19(10-8-18)27-23(28)16-5-3-15(4-6-16)21-20-11-12-30-22(20)17(13-25)14-26-21/h3-6,11-12,14,18-19,29H,7-10H2,1-2H3,(H,27,28)/t18-,19-. The number of pyridine rings is 1. The molecule has 1 amide bonds. The fourth-order valence-electron chi connectivity index (χ4n) is 4.26. The smallest absolute Gasteiger partial charge is 0.251 e. The van der Waals surface area contributed by atoms with E-state index in [4.69, 9.17) is 4.42 Å². The molecular formula is C24H25N3O3. The SMILES string of the molecule is CC(C)(O)[C@H]1CC[C@H](NC(=O)c2ccc(-c3ncc(C#N)c4occc34)cc2)CC1. The molecule has 0 atom stereocenters. The van der Waals surface area contributed by atoms with Crippen LogP contribution in [0.1, 0.15) is 55.5 Å². The molecule has 2 heterocycles. The van der Waals surface area contributed by atoms with Crippen molar-refractivity contribution in [2.75, 3.05) is 0 Å². The molecule has 30 heavy (non-hydrogen) atoms. The zero-order chi connectivity index (χ0) is 21.3. The van der Waals surface area contributed by atoms with Gasteiger partial charge in [0.2, 0.25) is 0 Å². The first kappa shape index (κ1) is 20.1. The van der Waals surface area contributed by atoms with Gasteiger partial charge in [0.25, 0.3) is 5.91 Å². The molecule has 6 nitrogen and oxygen atoms in total. The molecule has 0 aliphatic heterocycles. The maximum Gasteiger partial charge on any atom is 0.251 e. The van der Waals surface area contributed by atoms with Crippen LogP contribution in [0.25, 0.3) is 22.2 Å². The highest BCUT2D eigenvalue weighted by molar-refractivity contribution is 5.97. The summed E-state index contributed by atoms with van der Waals surface area (Å²) in [5.41, 5.74) is 2.42. The third-order valence-electron chi connectivity index (χ3n) is 6.09. The number of aromatic nitrogens is 1. The van der Waals surface area contributed by atoms with E-state index < -0.39 is 5.60 Å². The second-order valence-corrected chi connectivity index (χ2v) is 8.55. The van der Waals surface area contributed by atoms with E-state index in [0.29, 0.717) is 16.7 Å². The molecule has 1 aromatic carbocycles. The van der Waals surface area contributed by atoms with Gasteiger partial charge in [0.05, 0.1) is 17.6 Å². The number of nitriles is 1. The lowest BCUT2D eigenvalue weighted by Crippen LogP contribution is -2.41. The molecule has 1 saturated carbocycles. The van der Waals surface area contributed by atoms with Crippen LogP contribution in [0, 0.1) is 17.2 Å². The molecule has 0 unspecified atom stereocenters. The summed E-state index contributed by atoms with van der Waals surface area (Å²) in [4.78, 5) is 17.1. The van der Waals surface area contributed by atoms with Crippen LogP contribution < -0.4 is 5.32 Å². The zero-order valence-electron chi connectivity index (χ0n) is 17.2. The van der Waals surface area contributed by atoms with Crippen LogP contribution in [0.15, 0.2) is 47.2 Å². The summed E-state index contributed by atoms with van der Waals surface area (Å²) in [6.07, 6.45) is 6.64. The largest absolute Gasteiger partial charge is 0.463 e. The van der Waals surface area contributed by atoms with Crippen molar-refractivity contribution in [3.05, 3.63) is 53.9 Å². The second-order valence-electron chi connectivity index (χ2n) is 8.55. The Hall–Kier alpha value is -3.17. The normalized spacial score (nSPS) is 19.4. The molecule has 3 aromatic rings. The molecule has 4 rings (SSSR count). The Kier molecular flexibility index (Phi) is 5.31. The summed E-state index contributed by atoms with van der Waals surface area (Å²) < 4.78 is 5.43. The molecule has 1 aliphatic carbocycles. The molecule has 1 fully saturated rings. The van der Waals surface area contributed by atoms with Gasteiger partial charge in [-0.15, -0.1) is 0 Å². The number of nitrogens with one attached hydrogen (secondary N) is 1. The third kappa shape index (κ3) is 3.94. The number of aliphatic hydroxyl groups is 1. The lowest BCUT2D eigenvalue weighted by molar-refractivity contribution is -0.00257. The van der Waals surface area contributed by atoms with Crippen molar-refractivity contribution >= 4 is 16.9 Å². The van der Waals surface area contributed by atoms with Gasteiger partial charge in [0.15, 0.2) is 5.58 Å². The van der Waals surface area contributed by atoms with Crippen LogP contribution in [0.4, 0.5) is 0 Å². The highest BCUT2D eigenvalue weighted by Crippen LogP contribution is 2.33. The molecule has 0 saturated heterocycles. The minimum Gasteiger partial charge on any atom is -0.463 e. The number of rotatable bonds is 4. The van der Waals surface area contributed by atoms with Gasteiger partial charge in [-0.05, 0) is 63.6 Å². The van der Waals surface area contributed by atoms with E-state index >= 15 is 0 Å². The van der Waals surface area contributed by atoms with Crippen molar-refractivity contribution < 1.29 is 14.3 Å². The number of furan rings is 1. The van der Waals surface area contributed by atoms with Crippen LogP contribution in [0.2, 0.25) is 0 Å². The van der Waals surface area contributed by atoms with Crippen molar-refractivity contribution in [3.8, 4) is 17.3 Å². The monoisotopic (exact) mass is 403 g/mol. The number of fused-ring (bicyclic) bond motifs is 1. The number of amides is 1. The molecule has 2 aromatic heterocycles. The average Bonchev–Trinajstić information content (AvgIpc) is 3.23. The van der Waals surface area contributed by atoms with E-state index in [2.05, 4.69) is 16.4 Å². The fourth-order valence-corrected chi connectivity index (χ4v) is 4.26. The van der Waals surface area contributed by atoms with Gasteiger partial charge in [0.1, 0.15) is 11.6 Å². The van der Waals surface area contributed by atoms with E-state index in [1.165, 1.54) is 6.20 Å². The maximum atomic E-state index is 12.7. The van der Waals surface area contributed by atoms with E-state index in [1.54, 1.807) is 24.5 Å². The average molecular weight is 403 g/mol. The van der Waals surface area contributed by atoms with Gasteiger partial charge in [-0.1, -0.05) is 12.1 Å². The summed E-state index contributed by atoms with van der Waals surface area (Å²) in [6, 6.07) is 11.3. The summed E-state index contributed by atoms with van der Waals surface area (Å²) in [7, 11) is 0. The minimum atomic E-state index is -0.662. The second kappa shape index (κ2) is 7.92. The number of hydrogen-bond donors (Lipinski definition) is 2. The first-order valence-electron chi connectivity index (χ1n) is 10.3. The van der Waals surface area contributed by atoms with E-state index in [9.17, 15) is 15.2 Å². The van der Waals surface area contributed by atoms with Gasteiger partial charge < -0.3 is 14.8 Å². The molecule has 1 aliphatic rings. The molecule has 0 spiro atoms. The Bertz CT molecular complexity index is 1100. The first-order chi connectivity index (χ1) is 14.4. The van der Waals surface area contributed by atoms with Crippen LogP contribution in [0.3, 0.4) is 0 Å². The van der Waals surface area contributed by atoms with Gasteiger partial charge in [-0.2, -0.15) is 5.26 Å². The summed E-state index contributed by atoms with van der Waals surface area (Å²) >= 11 is 0. The fraction of sp³-hybridized carbons (Fsp3) is 0.375. The van der Waals surface area contributed by atoms with Gasteiger partial charge in [-0.3, -0.25) is 9.78 Å². The Morgan fingerprint density at radius 3 is 2.53 bits per heavy atom. The Morgan fingerprint density at radius 1 is 1.20 bits per heavy atom. The van der Waals surface area contributed by atoms with Crippen LogP contribution >= 0.6 is 0 Å². The van der Waals surface area contributed by atoms with Crippen LogP contribution in [-0.4, -0.2) is 27.6 Å². The Balaban J connectivity index is 1.45. The lowest BCUT2D eigenvalue weighted by Gasteiger charge is -2.36. The number of carbonyl (C=O) groups is 1. The lowest BCUT2D eigenvalue weighted by atomic mass is 9.77. The van der Waals surface area contributed by atoms with E-state index in [-0.39, 0.29) is 17.9 Å². The quantitative estimate of drug-likeness (QED) is 0.671. The Morgan fingerprint density at radius 2 is 1.90 bits per heavy atom. The summed E-state index contributed by atoms with van der Waals surface area (Å²) in [5.74, 6) is 0.194. The van der Waals surface area contributed by atoms with Crippen LogP contribution in [-0.2, 0) is 0 Å². The summed E-state index contributed by atoms with van der Waals surface area (Å²) in [5, 5.41) is 23.3. The Labute approximate surface area is 175 Å². The number of benzene rings is 1. The predicted molar refractivity (Wildman–Crippen MR) is 114 cm³/mol. The topological polar surface area (TPSA) is 99.1 Å². The highest BCUT2D eigenvalue weighted by atomic mass is 16.3. The first-order valence-corrected chi connectivity index (χ1v) is 10.3. The number of hydrogen-bond acceptors (Lipinski definition) is 5. The van der Waals surface area contributed by atoms with E-state index in [1.807, 2.05) is 26.0 Å². The molecule has 0 radical (unpaired) electrons. The van der Waals surface area contributed by atoms with Crippen molar-refractivity contribution in [2.45, 2.75) is 51.2 Å². The zero-order valence-corrected chi connectivity index (χ0v) is 17.2. The number of carbonyl (C=O) groups excluding carboxylic acids is 1. The summed E-state index contributed by atoms with van der Waals surface area (Å²) in [6.45, 7) is 3.72. The van der Waals surface area contributed by atoms with Crippen molar-refractivity contribution in [2.24, 2.45) is 5.92 Å². The third-order valence-corrected chi connectivity index (χ3v) is 6.09. The van der Waals surface area contributed by atoms with Crippen LogP contribution in [0.5, 0.6) is 0 Å². The molecule has 2 N–H and O–H groups in total. The molecule has 0 bridgehead atoms. The predicted octanol–water partition coefficient (Wildman–Crippen LogP) is 4.43. The highest BCUT2D eigenvalue weighted by Gasteiger charge is 2.31. The van der Waals surface area contributed by atoms with Gasteiger partial charge >= 0.3 is 0 Å². The van der Waals surface area contributed by atoms with E-state index in [0.717, 1.165) is 42.3 Å². The minimum absolute atomic E-state index is 0.0884. The van der Waals surface area contributed by atoms with Crippen molar-refractivity contribution in [1.29, 1.82) is 5.26 Å². The van der Waals surface area contributed by atoms with Crippen molar-refractivity contribution in [3.63, 3.8) is 0 Å². The van der Waals surface area contributed by atoms with Gasteiger partial charge in [0, 0.05) is 28.8 Å². The van der Waals surface area contributed by atoms with Crippen molar-refractivity contribution in [1.82, 2.24) is 10.3 Å². The molecular weight excluding hydrogens is 378 g/mol. The number of nitrogens with zero attached hydrogens (tertiary/aromatic N) is 2. The maximum absolute atomic E-state index is 12.7. The molecule has 154 valence electrons.